The Bertz CT molecular complexity index is 1330. The molecule has 3 aromatic heterocycles. The third-order valence-corrected chi connectivity index (χ3v) is 7.30. The minimum Gasteiger partial charge on any atom is -0.333 e. The minimum atomic E-state index is -0.0629. The molecule has 5 rings (SSSR count). The number of halogens is 1. The number of pyridine rings is 1. The highest BCUT2D eigenvalue weighted by Crippen LogP contribution is 2.43. The van der Waals surface area contributed by atoms with Gasteiger partial charge in [-0.2, -0.15) is 5.10 Å². The van der Waals surface area contributed by atoms with Crippen LogP contribution in [0.3, 0.4) is 0 Å². The molecule has 33 heavy (non-hydrogen) atoms. The average Bonchev–Trinajstić information content (AvgIpc) is 3.39. The van der Waals surface area contributed by atoms with E-state index in [0.717, 1.165) is 37.3 Å². The maximum atomic E-state index is 12.5. The van der Waals surface area contributed by atoms with Crippen LogP contribution in [0.5, 0.6) is 0 Å². The Morgan fingerprint density at radius 1 is 1.21 bits per heavy atom. The van der Waals surface area contributed by atoms with Gasteiger partial charge in [-0.05, 0) is 47.9 Å². The minimum absolute atomic E-state index is 0.0242. The van der Waals surface area contributed by atoms with E-state index in [0.29, 0.717) is 19.6 Å². The maximum Gasteiger partial charge on any atom is 0.246 e. The number of aryl methyl sites for hydroxylation is 1. The van der Waals surface area contributed by atoms with Crippen molar-refractivity contribution < 1.29 is 4.79 Å². The Kier molecular flexibility index (Phi) is 5.87. The zero-order valence-corrected chi connectivity index (χ0v) is 19.8. The van der Waals surface area contributed by atoms with Gasteiger partial charge in [-0.25, -0.2) is 0 Å². The molecule has 0 radical (unpaired) electrons. The van der Waals surface area contributed by atoms with Crippen LogP contribution in [0.1, 0.15) is 33.3 Å². The van der Waals surface area contributed by atoms with Crippen LogP contribution in [0.25, 0.3) is 11.1 Å². The fourth-order valence-corrected chi connectivity index (χ4v) is 5.87. The van der Waals surface area contributed by atoms with E-state index in [2.05, 4.69) is 36.0 Å². The SMILES string of the molecule is C=CC(=O)N1Cc2sc(Cl)cc2[C@@H](c2ccccc2-c2cn(Cc3ccccn3)nc2C)C1. The normalized spacial score (nSPS) is 15.3. The Morgan fingerprint density at radius 3 is 2.82 bits per heavy atom. The summed E-state index contributed by atoms with van der Waals surface area (Å²) in [5.41, 5.74) is 6.48. The topological polar surface area (TPSA) is 51.0 Å². The highest BCUT2D eigenvalue weighted by Gasteiger charge is 2.32. The molecule has 4 aromatic rings. The lowest BCUT2D eigenvalue weighted by Crippen LogP contribution is -2.37. The molecule has 1 aromatic carbocycles. The van der Waals surface area contributed by atoms with E-state index in [4.69, 9.17) is 16.7 Å². The number of benzene rings is 1. The Labute approximate surface area is 202 Å². The largest absolute Gasteiger partial charge is 0.333 e. The van der Waals surface area contributed by atoms with Crippen molar-refractivity contribution in [2.75, 3.05) is 6.54 Å². The monoisotopic (exact) mass is 474 g/mol. The van der Waals surface area contributed by atoms with E-state index in [1.807, 2.05) is 46.8 Å². The first-order chi connectivity index (χ1) is 16.0. The predicted molar refractivity (Wildman–Crippen MR) is 133 cm³/mol. The molecule has 0 N–H and O–H groups in total. The molecule has 1 atom stereocenters. The van der Waals surface area contributed by atoms with Crippen molar-refractivity contribution in [3.05, 3.63) is 105 Å². The molecule has 1 amide bonds. The first kappa shape index (κ1) is 21.6. The van der Waals surface area contributed by atoms with Crippen LogP contribution in [0.4, 0.5) is 0 Å². The van der Waals surface area contributed by atoms with Crippen molar-refractivity contribution in [1.29, 1.82) is 0 Å². The number of nitrogens with zero attached hydrogens (tertiary/aromatic N) is 4. The fraction of sp³-hybridized carbons (Fsp3) is 0.192. The molecule has 1 aliphatic rings. The summed E-state index contributed by atoms with van der Waals surface area (Å²) in [4.78, 5) is 19.9. The Hall–Kier alpha value is -3.22. The van der Waals surface area contributed by atoms with Crippen LogP contribution in [-0.4, -0.2) is 32.1 Å². The van der Waals surface area contributed by atoms with Crippen molar-refractivity contribution in [2.45, 2.75) is 25.9 Å². The molecule has 0 spiro atoms. The van der Waals surface area contributed by atoms with Gasteiger partial charge in [0.1, 0.15) is 0 Å². The molecule has 166 valence electrons. The standard InChI is InChI=1S/C26H23ClN4OS/c1-3-26(32)30-14-23(21-12-25(27)33-24(21)16-30)20-10-5-4-9-19(20)22-15-31(29-17(22)2)13-18-8-6-7-11-28-18/h3-12,15,23H,1,13-14,16H2,2H3/t23-/m1/s1. The van der Waals surface area contributed by atoms with Crippen LogP contribution in [0, 0.1) is 6.92 Å². The van der Waals surface area contributed by atoms with Crippen LogP contribution in [-0.2, 0) is 17.9 Å². The van der Waals surface area contributed by atoms with Gasteiger partial charge < -0.3 is 4.90 Å². The molecule has 5 nitrogen and oxygen atoms in total. The van der Waals surface area contributed by atoms with Gasteiger partial charge in [0.25, 0.3) is 0 Å². The average molecular weight is 475 g/mol. The fourth-order valence-electron chi connectivity index (χ4n) is 4.51. The van der Waals surface area contributed by atoms with Crippen molar-refractivity contribution >= 4 is 28.8 Å². The number of fused-ring (bicyclic) bond motifs is 1. The third kappa shape index (κ3) is 4.24. The summed E-state index contributed by atoms with van der Waals surface area (Å²) in [6.45, 7) is 7.47. The van der Waals surface area contributed by atoms with E-state index < -0.39 is 0 Å². The van der Waals surface area contributed by atoms with Gasteiger partial charge in [-0.3, -0.25) is 14.5 Å². The first-order valence-electron chi connectivity index (χ1n) is 10.8. The summed E-state index contributed by atoms with van der Waals surface area (Å²) in [7, 11) is 0. The van der Waals surface area contributed by atoms with Gasteiger partial charge in [-0.1, -0.05) is 48.5 Å². The summed E-state index contributed by atoms with van der Waals surface area (Å²) in [6.07, 6.45) is 5.26. The summed E-state index contributed by atoms with van der Waals surface area (Å²) in [5, 5.41) is 4.75. The predicted octanol–water partition coefficient (Wildman–Crippen LogP) is 5.68. The number of carbonyl (C=O) groups is 1. The lowest BCUT2D eigenvalue weighted by atomic mass is 9.84. The molecule has 0 saturated carbocycles. The van der Waals surface area contributed by atoms with E-state index in [1.165, 1.54) is 11.6 Å². The summed E-state index contributed by atoms with van der Waals surface area (Å²) in [5.74, 6) is -0.0387. The quantitative estimate of drug-likeness (QED) is 0.350. The lowest BCUT2D eigenvalue weighted by Gasteiger charge is -2.33. The molecule has 0 bridgehead atoms. The second-order valence-corrected chi connectivity index (χ2v) is 9.91. The number of thiophene rings is 1. The highest BCUT2D eigenvalue weighted by atomic mass is 35.5. The lowest BCUT2D eigenvalue weighted by molar-refractivity contribution is -0.127. The van der Waals surface area contributed by atoms with Crippen molar-refractivity contribution in [2.24, 2.45) is 0 Å². The number of amides is 1. The van der Waals surface area contributed by atoms with Crippen molar-refractivity contribution in [1.82, 2.24) is 19.7 Å². The molecule has 1 aliphatic heterocycles. The number of hydrogen-bond donors (Lipinski definition) is 0. The Morgan fingerprint density at radius 2 is 2.03 bits per heavy atom. The molecule has 0 unspecified atom stereocenters. The second kappa shape index (κ2) is 8.96. The van der Waals surface area contributed by atoms with Crippen LogP contribution in [0.15, 0.2) is 73.6 Å². The summed E-state index contributed by atoms with van der Waals surface area (Å²) in [6, 6.07) is 16.3. The van der Waals surface area contributed by atoms with E-state index >= 15 is 0 Å². The smallest absolute Gasteiger partial charge is 0.246 e. The van der Waals surface area contributed by atoms with Crippen LogP contribution >= 0.6 is 22.9 Å². The summed E-state index contributed by atoms with van der Waals surface area (Å²) >= 11 is 7.95. The van der Waals surface area contributed by atoms with Crippen molar-refractivity contribution in [3.63, 3.8) is 0 Å². The zero-order chi connectivity index (χ0) is 22.9. The third-order valence-electron chi connectivity index (χ3n) is 6.03. The molecular weight excluding hydrogens is 452 g/mol. The Balaban J connectivity index is 1.56. The van der Waals surface area contributed by atoms with Gasteiger partial charge >= 0.3 is 0 Å². The molecular formula is C26H23ClN4OS. The molecule has 7 heteroatoms. The van der Waals surface area contributed by atoms with Crippen molar-refractivity contribution in [3.8, 4) is 11.1 Å². The summed E-state index contributed by atoms with van der Waals surface area (Å²) < 4.78 is 2.68. The second-order valence-electron chi connectivity index (χ2n) is 8.14. The highest BCUT2D eigenvalue weighted by molar-refractivity contribution is 7.16. The van der Waals surface area contributed by atoms with E-state index in [-0.39, 0.29) is 11.8 Å². The first-order valence-corrected chi connectivity index (χ1v) is 12.0. The van der Waals surface area contributed by atoms with Gasteiger partial charge in [0.05, 0.1) is 28.8 Å². The van der Waals surface area contributed by atoms with Crippen LogP contribution < -0.4 is 0 Å². The zero-order valence-electron chi connectivity index (χ0n) is 18.2. The number of aromatic nitrogens is 3. The van der Waals surface area contributed by atoms with Gasteiger partial charge in [0, 0.05) is 35.3 Å². The molecule has 0 saturated heterocycles. The molecule has 0 fully saturated rings. The van der Waals surface area contributed by atoms with Crippen LogP contribution in [0.2, 0.25) is 4.34 Å². The molecule has 0 aliphatic carbocycles. The molecule has 4 heterocycles. The van der Waals surface area contributed by atoms with E-state index in [1.54, 1.807) is 17.5 Å². The van der Waals surface area contributed by atoms with Gasteiger partial charge in [0.15, 0.2) is 0 Å². The number of rotatable bonds is 5. The van der Waals surface area contributed by atoms with E-state index in [9.17, 15) is 4.79 Å². The number of carbonyl (C=O) groups excluding carboxylic acids is 1. The van der Waals surface area contributed by atoms with Gasteiger partial charge in [-0.15, -0.1) is 11.3 Å². The maximum absolute atomic E-state index is 12.5. The number of hydrogen-bond acceptors (Lipinski definition) is 4. The van der Waals surface area contributed by atoms with Gasteiger partial charge in [0.2, 0.25) is 5.91 Å².